The Balaban J connectivity index is 0.000000265. The molecule has 4 aromatic rings. The number of carbonyl (C=O) groups excluding carboxylic acids is 3. The average molecular weight is 1450 g/mol. The van der Waals surface area contributed by atoms with Crippen molar-refractivity contribution >= 4 is 35.8 Å². The molecule has 7 unspecified atom stereocenters. The van der Waals surface area contributed by atoms with E-state index >= 15 is 4.79 Å². The number of aliphatic hydroxyl groups excluding tert-OH is 1. The van der Waals surface area contributed by atoms with Crippen LogP contribution in [0.5, 0.6) is 57.5 Å². The number of benzene rings is 4. The van der Waals surface area contributed by atoms with E-state index in [1.54, 1.807) is 33.1 Å². The van der Waals surface area contributed by atoms with Gasteiger partial charge in [-0.25, -0.2) is 0 Å². The van der Waals surface area contributed by atoms with Gasteiger partial charge in [-0.15, -0.1) is 11.8 Å². The number of aromatic hydroxyl groups is 4. The number of aryl methyl sites for hydroxylation is 1. The first-order valence-electron chi connectivity index (χ1n) is 23.3. The molecule has 380 valence electrons. The zero-order valence-corrected chi connectivity index (χ0v) is 51.5. The van der Waals surface area contributed by atoms with E-state index in [2.05, 4.69) is 20.4 Å². The molecule has 2 spiro atoms. The van der Waals surface area contributed by atoms with Crippen molar-refractivity contribution in [2.75, 3.05) is 48.0 Å². The summed E-state index contributed by atoms with van der Waals surface area (Å²) < 4.78 is 40.6. The van der Waals surface area contributed by atoms with Crippen LogP contribution in [-0.4, -0.2) is 125 Å². The van der Waals surface area contributed by atoms with Crippen LogP contribution in [-0.2, 0) is 32.7 Å². The molecular formula is C51H54Ac2N4O15S. The number of likely N-dealkylation sites (N-methyl/N-ethyl adjacent to an activating group) is 1. The van der Waals surface area contributed by atoms with Gasteiger partial charge in [0, 0.05) is 147 Å². The summed E-state index contributed by atoms with van der Waals surface area (Å²) in [5.74, 6) is 2.03. The molecule has 19 nitrogen and oxygen atoms in total. The number of nitrogens with one attached hydrogen (secondary N) is 2. The minimum absolute atomic E-state index is 0. The zero-order chi connectivity index (χ0) is 50.2. The van der Waals surface area contributed by atoms with Crippen LogP contribution in [0, 0.1) is 109 Å². The fraction of sp³-hybridized carbons (Fsp3) is 0.431. The van der Waals surface area contributed by atoms with Crippen molar-refractivity contribution in [3.05, 3.63) is 85.6 Å². The van der Waals surface area contributed by atoms with E-state index in [0.29, 0.717) is 88.8 Å². The van der Waals surface area contributed by atoms with Gasteiger partial charge < -0.3 is 69.3 Å². The van der Waals surface area contributed by atoms with Gasteiger partial charge in [-0.3, -0.25) is 24.2 Å². The Bertz CT molecular complexity index is 3030. The molecule has 4 bridgehead atoms. The summed E-state index contributed by atoms with van der Waals surface area (Å²) >= 11 is 1.35. The number of phenols is 4. The maximum atomic E-state index is 15.1. The molecular weight excluding hydrogens is 1390 g/mol. The molecule has 73 heavy (non-hydrogen) atoms. The molecule has 7 N–H and O–H groups in total. The Morgan fingerprint density at radius 2 is 1.59 bits per heavy atom. The van der Waals surface area contributed by atoms with Crippen molar-refractivity contribution < 1.29 is 161 Å². The van der Waals surface area contributed by atoms with Gasteiger partial charge in [0.05, 0.1) is 49.8 Å². The van der Waals surface area contributed by atoms with Crippen molar-refractivity contribution in [3.8, 4) is 57.5 Å². The molecule has 1 saturated carbocycles. The number of piperazine rings is 1. The standard InChI is InChI=1S/C38H41N3O10S.C13H13NO5.2Ac/c1-15-8-18-9-20-35(45)41-21-12-51-38(13-37(36(38)46)19-11-23(47-4)22(42)10-17(19)6-7-39-37)52-34(26-25(21)33-32(49-14-50-33)16(2)29(26)43)28(41)27(40(20)3)24(18)30(44)31(15)48-5;1-7-11(17)9(3-4-14-5-15)10(8(2)16)13-12(7)18-6-19-13;;/h8,10-11,20-21,27-28,34-35,39,42-45H,6-7,9,12-14H2,1-5H3;3-5,17H,6H2,1-2H3,(H,14,15);;/t20?,21?,27?,28?,34?,35?,37-,38?;;;/m1.../s1. The number of ether oxygens (including phenoxy) is 7. The molecule has 8 heterocycles. The number of rotatable bonds is 6. The van der Waals surface area contributed by atoms with E-state index in [4.69, 9.17) is 33.2 Å². The average Bonchev–Trinajstić information content (AvgIpc) is 4.04. The molecule has 0 aromatic heterocycles. The topological polar surface area (TPSA) is 248 Å². The van der Waals surface area contributed by atoms with Crippen molar-refractivity contribution in [1.29, 1.82) is 0 Å². The van der Waals surface area contributed by atoms with Crippen molar-refractivity contribution in [2.45, 2.75) is 93.1 Å². The van der Waals surface area contributed by atoms with Gasteiger partial charge in [0.2, 0.25) is 20.0 Å². The third-order valence-corrected chi connectivity index (χ3v) is 17.3. The molecule has 8 aliphatic heterocycles. The van der Waals surface area contributed by atoms with E-state index < -0.39 is 40.1 Å². The monoisotopic (exact) mass is 1450 g/mol. The van der Waals surface area contributed by atoms with Crippen LogP contribution in [0.2, 0.25) is 0 Å². The molecule has 4 aromatic carbocycles. The van der Waals surface area contributed by atoms with Crippen molar-refractivity contribution in [1.82, 2.24) is 20.4 Å². The molecule has 8 atom stereocenters. The summed E-state index contributed by atoms with van der Waals surface area (Å²) in [6, 6.07) is 3.52. The van der Waals surface area contributed by atoms with E-state index in [0.717, 1.165) is 27.8 Å². The molecule has 2 saturated heterocycles. The number of thioether (sulfide) groups is 1. The minimum Gasteiger partial charge on any atom is -0.507 e. The maximum Gasteiger partial charge on any atom is 0.231 e. The number of aliphatic hydroxyl groups is 1. The summed E-state index contributed by atoms with van der Waals surface area (Å²) in [5.41, 5.74) is 5.89. The molecule has 13 rings (SSSR count). The van der Waals surface area contributed by atoms with E-state index in [-0.39, 0.29) is 160 Å². The number of Topliss-reactive ketones (excluding diaryl/α,β-unsaturated/α-hetero) is 2. The molecule has 9 aliphatic rings. The van der Waals surface area contributed by atoms with Gasteiger partial charge in [0.1, 0.15) is 23.3 Å². The molecule has 3 fully saturated rings. The quantitative estimate of drug-likeness (QED) is 0.102. The van der Waals surface area contributed by atoms with Gasteiger partial charge in [-0.1, -0.05) is 6.07 Å². The molecule has 2 radical (unpaired) electrons. The first-order valence-corrected chi connectivity index (χ1v) is 24.2. The Morgan fingerprint density at radius 3 is 2.26 bits per heavy atom. The van der Waals surface area contributed by atoms with Crippen LogP contribution in [0.25, 0.3) is 6.08 Å². The second-order valence-corrected chi connectivity index (χ2v) is 20.5. The molecule has 1 aliphatic carbocycles. The van der Waals surface area contributed by atoms with Gasteiger partial charge >= 0.3 is 0 Å². The van der Waals surface area contributed by atoms with Crippen LogP contribution in [0.3, 0.4) is 0 Å². The smallest absolute Gasteiger partial charge is 0.231 e. The van der Waals surface area contributed by atoms with Gasteiger partial charge in [0.25, 0.3) is 0 Å². The van der Waals surface area contributed by atoms with Gasteiger partial charge in [0.15, 0.2) is 62.5 Å². The largest absolute Gasteiger partial charge is 0.507 e. The Hall–Kier alpha value is -3.54. The van der Waals surface area contributed by atoms with Crippen LogP contribution in [0.4, 0.5) is 0 Å². The number of amides is 1. The first kappa shape index (κ1) is 54.3. The third kappa shape index (κ3) is 7.92. The van der Waals surface area contributed by atoms with Crippen LogP contribution < -0.4 is 39.1 Å². The van der Waals surface area contributed by atoms with E-state index in [1.807, 2.05) is 20.0 Å². The van der Waals surface area contributed by atoms with Gasteiger partial charge in [-0.2, -0.15) is 0 Å². The zero-order valence-electron chi connectivity index (χ0n) is 41.2. The number of fused-ring (bicyclic) bond motifs is 9. The van der Waals surface area contributed by atoms with Crippen molar-refractivity contribution in [2.24, 2.45) is 0 Å². The van der Waals surface area contributed by atoms with E-state index in [1.165, 1.54) is 38.1 Å². The number of carbonyl (C=O) groups is 3. The van der Waals surface area contributed by atoms with Crippen LogP contribution >= 0.6 is 11.8 Å². The minimum atomic E-state index is -1.32. The Morgan fingerprint density at radius 1 is 0.904 bits per heavy atom. The number of hydrogen-bond acceptors (Lipinski definition) is 19. The fourth-order valence-corrected chi connectivity index (χ4v) is 14.5. The van der Waals surface area contributed by atoms with Gasteiger partial charge in [-0.05, 0) is 88.0 Å². The number of methoxy groups -OCH3 is 2. The summed E-state index contributed by atoms with van der Waals surface area (Å²) in [4.78, 5) is 39.9. The maximum absolute atomic E-state index is 15.1. The first-order chi connectivity index (χ1) is 34.0. The predicted octanol–water partition coefficient (Wildman–Crippen LogP) is 4.68. The second kappa shape index (κ2) is 20.1. The summed E-state index contributed by atoms with van der Waals surface area (Å²) in [7, 11) is 5.00. The fourth-order valence-electron chi connectivity index (χ4n) is 12.5. The van der Waals surface area contributed by atoms with E-state index in [9.17, 15) is 35.1 Å². The Labute approximate surface area is 496 Å². The van der Waals surface area contributed by atoms with Crippen LogP contribution in [0.15, 0.2) is 24.4 Å². The van der Waals surface area contributed by atoms with Crippen LogP contribution in [0.1, 0.15) is 96.7 Å². The Kier molecular flexibility index (Phi) is 15.0. The third-order valence-electron chi connectivity index (χ3n) is 15.7. The summed E-state index contributed by atoms with van der Waals surface area (Å²) in [5, 5.41) is 62.4. The SMILES string of the molecule is CC(=O)c1c(C=CNC=O)c(O)c(C)c2c1OCO2.COc1cc2c(cc1O)CCN[C@]21CC2(OCC3c4c5c(c(C)c(O)c4C(S2)C2C4c6c(cc(C)c(OC)c6O)CC(C(O)N32)N4C)OCO5)C1=O.[Ac].[Ac]. The number of nitrogens with zero attached hydrogens (tertiary/aromatic N) is 2. The molecule has 22 heteroatoms. The number of ketones is 2. The number of phenolic OH excluding ortho intramolecular Hbond substituents is 4. The molecule has 1 amide bonds. The summed E-state index contributed by atoms with van der Waals surface area (Å²) in [6.45, 7) is 7.29. The van der Waals surface area contributed by atoms with Crippen molar-refractivity contribution in [3.63, 3.8) is 0 Å². The normalized spacial score (nSPS) is 27.4. The predicted molar refractivity (Wildman–Crippen MR) is 255 cm³/mol. The summed E-state index contributed by atoms with van der Waals surface area (Å²) in [6.07, 6.45) is 3.72. The number of hydrogen-bond donors (Lipinski definition) is 7. The second-order valence-electron chi connectivity index (χ2n) is 19.1.